The minimum absolute atomic E-state index is 0.219. The van der Waals surface area contributed by atoms with Gasteiger partial charge in [0, 0.05) is 6.61 Å². The molecule has 0 aromatic heterocycles. The van der Waals surface area contributed by atoms with Crippen molar-refractivity contribution >= 4 is 34.9 Å². The molecule has 0 radical (unpaired) electrons. The van der Waals surface area contributed by atoms with Crippen molar-refractivity contribution < 1.29 is 26.6 Å². The molecule has 0 saturated heterocycles. The van der Waals surface area contributed by atoms with Crippen LogP contribution in [0.5, 0.6) is 0 Å². The Hall–Kier alpha value is -2.20. The molecule has 200 valence electrons. The van der Waals surface area contributed by atoms with Crippen molar-refractivity contribution in [2.45, 2.75) is 77.7 Å². The highest BCUT2D eigenvalue weighted by Crippen LogP contribution is 2.37. The Morgan fingerprint density at radius 1 is 0.917 bits per heavy atom. The van der Waals surface area contributed by atoms with Gasteiger partial charge in [-0.2, -0.15) is 8.42 Å². The highest BCUT2D eigenvalue weighted by Gasteiger charge is 2.50. The van der Waals surface area contributed by atoms with Gasteiger partial charge in [0.15, 0.2) is 0 Å². The molecule has 0 fully saturated rings. The lowest BCUT2D eigenvalue weighted by Gasteiger charge is -2.43. The first-order chi connectivity index (χ1) is 16.6. The van der Waals surface area contributed by atoms with Crippen LogP contribution in [-0.4, -0.2) is 53.4 Å². The maximum atomic E-state index is 12.3. The fraction of sp³-hybridized carbons (Fsp3) is 0.519. The summed E-state index contributed by atoms with van der Waals surface area (Å²) in [7, 11) is -6.56. The molecule has 0 aliphatic rings. The number of carbonyl (C=O) groups excluding carboxylic acids is 1. The first-order valence-corrected chi connectivity index (χ1v) is 15.9. The van der Waals surface area contributed by atoms with Crippen LogP contribution in [0.4, 0.5) is 4.79 Å². The van der Waals surface area contributed by atoms with Crippen LogP contribution in [0.15, 0.2) is 60.7 Å². The summed E-state index contributed by atoms with van der Waals surface area (Å²) in [5.74, 6) is 0. The molecule has 1 N–H and O–H groups in total. The molecular formula is C27H41NO6SSi. The van der Waals surface area contributed by atoms with E-state index in [0.29, 0.717) is 0 Å². The van der Waals surface area contributed by atoms with Crippen molar-refractivity contribution in [3.8, 4) is 0 Å². The summed E-state index contributed by atoms with van der Waals surface area (Å²) in [6.45, 7) is 13.8. The summed E-state index contributed by atoms with van der Waals surface area (Å²) in [5.41, 5.74) is -0.677. The monoisotopic (exact) mass is 535 g/mol. The molecule has 0 aliphatic carbocycles. The van der Waals surface area contributed by atoms with E-state index in [1.54, 1.807) is 27.7 Å². The van der Waals surface area contributed by atoms with Crippen LogP contribution >= 0.6 is 0 Å². The van der Waals surface area contributed by atoms with Crippen molar-refractivity contribution in [3.63, 3.8) is 0 Å². The van der Waals surface area contributed by atoms with Crippen LogP contribution < -0.4 is 15.7 Å². The average Bonchev–Trinajstić information content (AvgIpc) is 2.74. The largest absolute Gasteiger partial charge is 0.444 e. The fourth-order valence-electron chi connectivity index (χ4n) is 4.28. The summed E-state index contributed by atoms with van der Waals surface area (Å²) >= 11 is 0. The topological polar surface area (TPSA) is 90.9 Å². The number of amides is 1. The summed E-state index contributed by atoms with van der Waals surface area (Å²) in [6, 6.07) is 19.8. The smallest absolute Gasteiger partial charge is 0.407 e. The third-order valence-corrected chi connectivity index (χ3v) is 11.4. The van der Waals surface area contributed by atoms with E-state index < -0.39 is 42.3 Å². The van der Waals surface area contributed by atoms with Gasteiger partial charge in [0.05, 0.1) is 18.4 Å². The Kier molecular flexibility index (Phi) is 9.92. The Labute approximate surface area is 217 Å². The van der Waals surface area contributed by atoms with Gasteiger partial charge in [-0.05, 0) is 49.5 Å². The standard InChI is InChI=1S/C27H41NO6SSi/c1-21(28-25(29)33-26(2,3)4)24(34-35(8,30)31)19-20-32-36(27(5,6)7,22-15-11-9-12-16-22)23-17-13-10-14-18-23/h9-18,21,24H,19-20H2,1-8H3,(H,28,29)/t21?,24-/m1/s1. The SMILES string of the molecule is CC(NC(=O)OC(C)(C)C)[C@@H](CCO[Si](c1ccccc1)(c1ccccc1)C(C)(C)C)OS(C)(=O)=O. The van der Waals surface area contributed by atoms with Gasteiger partial charge >= 0.3 is 6.09 Å². The molecule has 0 spiro atoms. The lowest BCUT2D eigenvalue weighted by atomic mass is 10.1. The number of hydrogen-bond donors (Lipinski definition) is 1. The van der Waals surface area contributed by atoms with E-state index in [0.717, 1.165) is 16.6 Å². The molecule has 7 nitrogen and oxygen atoms in total. The van der Waals surface area contributed by atoms with Crippen LogP contribution in [0.25, 0.3) is 0 Å². The first kappa shape index (κ1) is 30.0. The maximum absolute atomic E-state index is 12.3. The zero-order valence-electron chi connectivity index (χ0n) is 22.7. The first-order valence-electron chi connectivity index (χ1n) is 12.2. The molecule has 0 aliphatic heterocycles. The van der Waals surface area contributed by atoms with Gasteiger partial charge in [-0.25, -0.2) is 4.79 Å². The second-order valence-corrected chi connectivity index (χ2v) is 17.0. The van der Waals surface area contributed by atoms with Crippen LogP contribution in [0, 0.1) is 0 Å². The molecule has 2 rings (SSSR count). The summed E-state index contributed by atoms with van der Waals surface area (Å²) in [6.07, 6.45) is -0.201. The molecule has 0 saturated carbocycles. The van der Waals surface area contributed by atoms with E-state index in [-0.39, 0.29) is 18.1 Å². The highest BCUT2D eigenvalue weighted by atomic mass is 32.2. The van der Waals surface area contributed by atoms with E-state index in [1.807, 2.05) is 36.4 Å². The van der Waals surface area contributed by atoms with Crippen LogP contribution in [0.1, 0.15) is 54.9 Å². The Morgan fingerprint density at radius 3 is 1.78 bits per heavy atom. The van der Waals surface area contributed by atoms with Gasteiger partial charge in [0.1, 0.15) is 5.60 Å². The molecule has 0 bridgehead atoms. The van der Waals surface area contributed by atoms with E-state index in [9.17, 15) is 13.2 Å². The maximum Gasteiger partial charge on any atom is 0.407 e. The van der Waals surface area contributed by atoms with Crippen LogP contribution in [0.2, 0.25) is 5.04 Å². The van der Waals surface area contributed by atoms with Crippen molar-refractivity contribution in [3.05, 3.63) is 60.7 Å². The van der Waals surface area contributed by atoms with Crippen LogP contribution in [-0.2, 0) is 23.5 Å². The zero-order valence-corrected chi connectivity index (χ0v) is 24.5. The van der Waals surface area contributed by atoms with Crippen molar-refractivity contribution in [1.82, 2.24) is 5.32 Å². The van der Waals surface area contributed by atoms with Gasteiger partial charge in [0.25, 0.3) is 18.4 Å². The number of carbonyl (C=O) groups is 1. The molecule has 1 amide bonds. The lowest BCUT2D eigenvalue weighted by Crippen LogP contribution is -2.66. The average molecular weight is 536 g/mol. The van der Waals surface area contributed by atoms with Gasteiger partial charge in [-0.3, -0.25) is 4.18 Å². The molecule has 0 heterocycles. The van der Waals surface area contributed by atoms with Crippen LogP contribution in [0.3, 0.4) is 0 Å². The van der Waals surface area contributed by atoms with Crippen molar-refractivity contribution in [2.24, 2.45) is 0 Å². The summed E-state index contributed by atoms with van der Waals surface area (Å²) in [4.78, 5) is 12.3. The Bertz CT molecular complexity index is 1040. The van der Waals surface area contributed by atoms with E-state index in [1.165, 1.54) is 0 Å². The number of alkyl carbamates (subject to hydrolysis) is 1. The van der Waals surface area contributed by atoms with Gasteiger partial charge in [0.2, 0.25) is 0 Å². The predicted octanol–water partition coefficient (Wildman–Crippen LogP) is 4.21. The number of rotatable bonds is 10. The molecule has 2 aromatic carbocycles. The molecule has 9 heteroatoms. The summed E-state index contributed by atoms with van der Waals surface area (Å²) < 4.78 is 41.6. The number of benzene rings is 2. The zero-order chi connectivity index (χ0) is 27.2. The number of nitrogens with one attached hydrogen (secondary N) is 1. The quantitative estimate of drug-likeness (QED) is 0.362. The molecule has 2 aromatic rings. The van der Waals surface area contributed by atoms with Crippen molar-refractivity contribution in [2.75, 3.05) is 12.9 Å². The Balaban J connectivity index is 2.34. The minimum atomic E-state index is -3.77. The van der Waals surface area contributed by atoms with E-state index >= 15 is 0 Å². The lowest BCUT2D eigenvalue weighted by molar-refractivity contribution is 0.0443. The second-order valence-electron chi connectivity index (χ2n) is 11.1. The normalized spacial score (nSPS) is 14.7. The third kappa shape index (κ3) is 8.43. The molecular weight excluding hydrogens is 494 g/mol. The molecule has 2 atom stereocenters. The van der Waals surface area contributed by atoms with E-state index in [2.05, 4.69) is 50.4 Å². The minimum Gasteiger partial charge on any atom is -0.444 e. The summed E-state index contributed by atoms with van der Waals surface area (Å²) in [5, 5.41) is 4.74. The highest BCUT2D eigenvalue weighted by molar-refractivity contribution is 7.86. The van der Waals surface area contributed by atoms with E-state index in [4.69, 9.17) is 13.3 Å². The van der Waals surface area contributed by atoms with Gasteiger partial charge in [-0.1, -0.05) is 81.4 Å². The van der Waals surface area contributed by atoms with Crippen molar-refractivity contribution in [1.29, 1.82) is 0 Å². The molecule has 1 unspecified atom stereocenters. The Morgan fingerprint density at radius 2 is 1.39 bits per heavy atom. The number of ether oxygens (including phenoxy) is 1. The number of hydrogen-bond acceptors (Lipinski definition) is 6. The van der Waals surface area contributed by atoms with Gasteiger partial charge in [-0.15, -0.1) is 0 Å². The van der Waals surface area contributed by atoms with Gasteiger partial charge < -0.3 is 14.5 Å². The fourth-order valence-corrected chi connectivity index (χ4v) is 9.57. The predicted molar refractivity (Wildman–Crippen MR) is 147 cm³/mol. The third-order valence-electron chi connectivity index (χ3n) is 5.74. The molecule has 36 heavy (non-hydrogen) atoms. The second kappa shape index (κ2) is 11.9.